The number of aromatic nitrogens is 4. The van der Waals surface area contributed by atoms with E-state index in [1.54, 1.807) is 18.6 Å². The van der Waals surface area contributed by atoms with Crippen LogP contribution in [-0.2, 0) is 0 Å². The van der Waals surface area contributed by atoms with Gasteiger partial charge in [0.05, 0.1) is 12.2 Å². The molecule has 6 nitrogen and oxygen atoms in total. The molecule has 88 valence electrons. The van der Waals surface area contributed by atoms with Crippen molar-refractivity contribution in [2.24, 2.45) is 0 Å². The lowest BCUT2D eigenvalue weighted by atomic mass is 10.1. The van der Waals surface area contributed by atoms with Crippen molar-refractivity contribution in [3.63, 3.8) is 0 Å². The zero-order valence-electron chi connectivity index (χ0n) is 9.33. The standard InChI is InChI=1S/C11H13N5O/c1-2-4-13-8(3-1)11-15-10(16-17-11)9-7-12-5-6-14-9/h5-8,13H,1-4H2/t8-/m0/s1. The van der Waals surface area contributed by atoms with Gasteiger partial charge in [0.2, 0.25) is 11.7 Å². The molecule has 0 amide bonds. The van der Waals surface area contributed by atoms with Crippen LogP contribution in [0.25, 0.3) is 11.5 Å². The first-order valence-corrected chi connectivity index (χ1v) is 5.77. The number of nitrogens with one attached hydrogen (secondary N) is 1. The molecule has 6 heteroatoms. The van der Waals surface area contributed by atoms with Gasteiger partial charge < -0.3 is 9.84 Å². The zero-order chi connectivity index (χ0) is 11.5. The summed E-state index contributed by atoms with van der Waals surface area (Å²) < 4.78 is 5.27. The minimum Gasteiger partial charge on any atom is -0.337 e. The van der Waals surface area contributed by atoms with E-state index in [0.717, 1.165) is 13.0 Å². The molecular weight excluding hydrogens is 218 g/mol. The molecule has 0 bridgehead atoms. The summed E-state index contributed by atoms with van der Waals surface area (Å²) in [5, 5.41) is 7.30. The first-order chi connectivity index (χ1) is 8.43. The van der Waals surface area contributed by atoms with E-state index in [2.05, 4.69) is 25.4 Å². The predicted molar refractivity (Wildman–Crippen MR) is 59.9 cm³/mol. The third kappa shape index (κ3) is 2.16. The second-order valence-electron chi connectivity index (χ2n) is 4.05. The van der Waals surface area contributed by atoms with Gasteiger partial charge in [-0.25, -0.2) is 4.98 Å². The highest BCUT2D eigenvalue weighted by Crippen LogP contribution is 2.23. The molecule has 0 aliphatic carbocycles. The Balaban J connectivity index is 1.83. The zero-order valence-corrected chi connectivity index (χ0v) is 9.33. The van der Waals surface area contributed by atoms with Gasteiger partial charge in [0.25, 0.3) is 0 Å². The lowest BCUT2D eigenvalue weighted by Gasteiger charge is -2.19. The highest BCUT2D eigenvalue weighted by Gasteiger charge is 2.21. The number of rotatable bonds is 2. The lowest BCUT2D eigenvalue weighted by molar-refractivity contribution is 0.297. The summed E-state index contributed by atoms with van der Waals surface area (Å²) in [7, 11) is 0. The minimum absolute atomic E-state index is 0.182. The third-order valence-corrected chi connectivity index (χ3v) is 2.84. The smallest absolute Gasteiger partial charge is 0.244 e. The molecule has 1 aliphatic heterocycles. The van der Waals surface area contributed by atoms with E-state index >= 15 is 0 Å². The Kier molecular flexibility index (Phi) is 2.79. The van der Waals surface area contributed by atoms with Gasteiger partial charge in [-0.05, 0) is 19.4 Å². The van der Waals surface area contributed by atoms with Crippen molar-refractivity contribution in [1.82, 2.24) is 25.4 Å². The normalized spacial score (nSPS) is 20.4. The van der Waals surface area contributed by atoms with Crippen LogP contribution in [0.3, 0.4) is 0 Å². The van der Waals surface area contributed by atoms with Gasteiger partial charge in [0.1, 0.15) is 5.69 Å². The second kappa shape index (κ2) is 4.58. The summed E-state index contributed by atoms with van der Waals surface area (Å²) in [5.74, 6) is 1.14. The number of nitrogens with zero attached hydrogens (tertiary/aromatic N) is 4. The summed E-state index contributed by atoms with van der Waals surface area (Å²) >= 11 is 0. The van der Waals surface area contributed by atoms with Crippen molar-refractivity contribution in [2.45, 2.75) is 25.3 Å². The molecule has 3 rings (SSSR count). The minimum atomic E-state index is 0.182. The van der Waals surface area contributed by atoms with E-state index in [0.29, 0.717) is 17.4 Å². The van der Waals surface area contributed by atoms with E-state index < -0.39 is 0 Å². The van der Waals surface area contributed by atoms with Crippen LogP contribution in [0.15, 0.2) is 23.1 Å². The summed E-state index contributed by atoms with van der Waals surface area (Å²) in [4.78, 5) is 12.5. The first-order valence-electron chi connectivity index (χ1n) is 5.77. The molecule has 1 N–H and O–H groups in total. The Morgan fingerprint density at radius 3 is 3.06 bits per heavy atom. The topological polar surface area (TPSA) is 76.7 Å². The molecule has 2 aromatic heterocycles. The van der Waals surface area contributed by atoms with Gasteiger partial charge in [0.15, 0.2) is 0 Å². The molecule has 0 unspecified atom stereocenters. The van der Waals surface area contributed by atoms with Crippen LogP contribution in [0.4, 0.5) is 0 Å². The average molecular weight is 231 g/mol. The fourth-order valence-electron chi connectivity index (χ4n) is 1.96. The molecule has 1 atom stereocenters. The summed E-state index contributed by atoms with van der Waals surface area (Å²) in [6, 6.07) is 0.182. The molecule has 1 aliphatic rings. The van der Waals surface area contributed by atoms with Crippen molar-refractivity contribution in [1.29, 1.82) is 0 Å². The average Bonchev–Trinajstić information content (AvgIpc) is 2.90. The molecule has 17 heavy (non-hydrogen) atoms. The predicted octanol–water partition coefficient (Wildman–Crippen LogP) is 1.34. The van der Waals surface area contributed by atoms with Crippen LogP contribution in [0, 0.1) is 0 Å². The molecule has 0 radical (unpaired) electrons. The van der Waals surface area contributed by atoms with Crippen LogP contribution in [0.2, 0.25) is 0 Å². The van der Waals surface area contributed by atoms with Crippen molar-refractivity contribution in [2.75, 3.05) is 6.54 Å². The van der Waals surface area contributed by atoms with Gasteiger partial charge in [-0.1, -0.05) is 11.6 Å². The summed E-state index contributed by atoms with van der Waals surface area (Å²) in [5.41, 5.74) is 0.637. The van der Waals surface area contributed by atoms with Crippen molar-refractivity contribution >= 4 is 0 Å². The molecular formula is C11H13N5O. The Morgan fingerprint density at radius 1 is 1.29 bits per heavy atom. The van der Waals surface area contributed by atoms with Crippen molar-refractivity contribution < 1.29 is 4.52 Å². The molecule has 0 spiro atoms. The third-order valence-electron chi connectivity index (χ3n) is 2.84. The van der Waals surface area contributed by atoms with Crippen LogP contribution in [0.1, 0.15) is 31.2 Å². The molecule has 1 saturated heterocycles. The number of hydrogen-bond acceptors (Lipinski definition) is 6. The van der Waals surface area contributed by atoms with E-state index in [4.69, 9.17) is 4.52 Å². The summed E-state index contributed by atoms with van der Waals surface area (Å²) in [6.45, 7) is 1.01. The van der Waals surface area contributed by atoms with Crippen LogP contribution in [0.5, 0.6) is 0 Å². The first kappa shape index (κ1) is 10.3. The van der Waals surface area contributed by atoms with E-state index in [1.807, 2.05) is 0 Å². The van der Waals surface area contributed by atoms with Gasteiger partial charge in [-0.2, -0.15) is 4.98 Å². The Morgan fingerprint density at radius 2 is 2.29 bits per heavy atom. The van der Waals surface area contributed by atoms with Crippen LogP contribution < -0.4 is 5.32 Å². The van der Waals surface area contributed by atoms with E-state index in [-0.39, 0.29) is 6.04 Å². The maximum absolute atomic E-state index is 5.27. The number of piperidine rings is 1. The van der Waals surface area contributed by atoms with Crippen LogP contribution >= 0.6 is 0 Å². The van der Waals surface area contributed by atoms with Gasteiger partial charge in [-0.3, -0.25) is 4.98 Å². The molecule has 2 aromatic rings. The molecule has 3 heterocycles. The SMILES string of the molecule is c1cnc(-c2noc([C@@H]3CCCCN3)n2)cn1. The van der Waals surface area contributed by atoms with E-state index in [1.165, 1.54) is 12.8 Å². The second-order valence-corrected chi connectivity index (χ2v) is 4.05. The van der Waals surface area contributed by atoms with Crippen LogP contribution in [-0.4, -0.2) is 26.7 Å². The largest absolute Gasteiger partial charge is 0.337 e. The maximum Gasteiger partial charge on any atom is 0.244 e. The monoisotopic (exact) mass is 231 g/mol. The fraction of sp³-hybridized carbons (Fsp3) is 0.455. The highest BCUT2D eigenvalue weighted by molar-refractivity contribution is 5.45. The van der Waals surface area contributed by atoms with Gasteiger partial charge in [0, 0.05) is 12.4 Å². The molecule has 0 aromatic carbocycles. The highest BCUT2D eigenvalue weighted by atomic mass is 16.5. The molecule has 1 fully saturated rings. The van der Waals surface area contributed by atoms with Crippen molar-refractivity contribution in [3.8, 4) is 11.5 Å². The summed E-state index contributed by atoms with van der Waals surface area (Å²) in [6.07, 6.45) is 8.31. The fourth-order valence-corrected chi connectivity index (χ4v) is 1.96. The quantitative estimate of drug-likeness (QED) is 0.840. The molecule has 0 saturated carbocycles. The Bertz CT molecular complexity index is 478. The van der Waals surface area contributed by atoms with E-state index in [9.17, 15) is 0 Å². The Labute approximate surface area is 98.5 Å². The number of hydrogen-bond donors (Lipinski definition) is 1. The Hall–Kier alpha value is -1.82. The van der Waals surface area contributed by atoms with Gasteiger partial charge >= 0.3 is 0 Å². The van der Waals surface area contributed by atoms with Crippen molar-refractivity contribution in [3.05, 3.63) is 24.5 Å². The lowest BCUT2D eigenvalue weighted by Crippen LogP contribution is -2.26. The maximum atomic E-state index is 5.27. The van der Waals surface area contributed by atoms with Gasteiger partial charge in [-0.15, -0.1) is 0 Å².